The van der Waals surface area contributed by atoms with Gasteiger partial charge in [-0.1, -0.05) is 6.92 Å². The van der Waals surface area contributed by atoms with Crippen LogP contribution < -0.4 is 0 Å². The van der Waals surface area contributed by atoms with Gasteiger partial charge >= 0.3 is 5.97 Å². The first-order valence-corrected chi connectivity index (χ1v) is 5.19. The molecule has 0 aliphatic heterocycles. The van der Waals surface area contributed by atoms with Gasteiger partial charge in [0.15, 0.2) is 5.82 Å². The second-order valence-corrected chi connectivity index (χ2v) is 3.46. The van der Waals surface area contributed by atoms with Gasteiger partial charge in [-0.3, -0.25) is 0 Å². The lowest BCUT2D eigenvalue weighted by atomic mass is 10.3. The lowest BCUT2D eigenvalue weighted by Crippen LogP contribution is -2.05. The van der Waals surface area contributed by atoms with Crippen LogP contribution in [-0.2, 0) is 6.42 Å². The number of aryl methyl sites for hydroxylation is 1. The number of rotatable bonds is 4. The van der Waals surface area contributed by atoms with Gasteiger partial charge in [0.2, 0.25) is 0 Å². The maximum atomic E-state index is 10.7. The Morgan fingerprint density at radius 3 is 2.88 bits per heavy atom. The van der Waals surface area contributed by atoms with Crippen LogP contribution >= 0.6 is 0 Å². The highest BCUT2D eigenvalue weighted by Crippen LogP contribution is 2.08. The summed E-state index contributed by atoms with van der Waals surface area (Å²) < 4.78 is 1.56. The van der Waals surface area contributed by atoms with E-state index in [-0.39, 0.29) is 5.69 Å². The molecule has 0 radical (unpaired) electrons. The zero-order chi connectivity index (χ0) is 12.3. The quantitative estimate of drug-likeness (QED) is 0.835. The van der Waals surface area contributed by atoms with E-state index in [9.17, 15) is 4.79 Å². The molecular weight excluding hydrogens is 222 g/mol. The van der Waals surface area contributed by atoms with Gasteiger partial charge in [0.25, 0.3) is 0 Å². The van der Waals surface area contributed by atoms with Crippen molar-refractivity contribution < 1.29 is 9.90 Å². The molecule has 0 bridgehead atoms. The van der Waals surface area contributed by atoms with Gasteiger partial charge in [0.1, 0.15) is 5.69 Å². The maximum Gasteiger partial charge on any atom is 0.354 e. The zero-order valence-corrected chi connectivity index (χ0v) is 9.24. The molecule has 88 valence electrons. The Morgan fingerprint density at radius 2 is 2.29 bits per heavy atom. The van der Waals surface area contributed by atoms with Crippen molar-refractivity contribution in [1.29, 1.82) is 0 Å². The number of carboxylic acids is 1. The van der Waals surface area contributed by atoms with E-state index in [1.165, 1.54) is 12.3 Å². The summed E-state index contributed by atoms with van der Waals surface area (Å²) in [5, 5.41) is 20.1. The van der Waals surface area contributed by atoms with Gasteiger partial charge < -0.3 is 5.11 Å². The molecule has 0 atom stereocenters. The Morgan fingerprint density at radius 1 is 1.47 bits per heavy atom. The van der Waals surface area contributed by atoms with Crippen LogP contribution in [0.3, 0.4) is 0 Å². The lowest BCUT2D eigenvalue weighted by Gasteiger charge is -2.03. The summed E-state index contributed by atoms with van der Waals surface area (Å²) in [5.74, 6) is -0.320. The number of carboxylic acid groups (broad SMARTS) is 1. The summed E-state index contributed by atoms with van der Waals surface area (Å²) in [7, 11) is 0. The van der Waals surface area contributed by atoms with Crippen LogP contribution in [0.15, 0.2) is 18.3 Å². The molecule has 0 fully saturated rings. The molecule has 0 saturated carbocycles. The van der Waals surface area contributed by atoms with E-state index in [1.807, 2.05) is 6.92 Å². The average molecular weight is 233 g/mol. The molecule has 0 aliphatic rings. The Kier molecular flexibility index (Phi) is 3.08. The number of tetrazole rings is 1. The van der Waals surface area contributed by atoms with Crippen molar-refractivity contribution in [2.75, 3.05) is 0 Å². The highest BCUT2D eigenvalue weighted by atomic mass is 16.4. The second-order valence-electron chi connectivity index (χ2n) is 3.46. The van der Waals surface area contributed by atoms with Crippen LogP contribution in [0.2, 0.25) is 0 Å². The normalized spacial score (nSPS) is 10.4. The zero-order valence-electron chi connectivity index (χ0n) is 9.24. The van der Waals surface area contributed by atoms with E-state index < -0.39 is 5.97 Å². The standard InChI is InChI=1S/C10H11N5O2/c1-2-3-9-12-13-14-15(9)7-4-5-8(10(16)17)11-6-7/h4-6H,2-3H2,1H3,(H,16,17). The van der Waals surface area contributed by atoms with Gasteiger partial charge in [0, 0.05) is 6.42 Å². The molecule has 17 heavy (non-hydrogen) atoms. The van der Waals surface area contributed by atoms with Gasteiger partial charge in [-0.25, -0.2) is 9.78 Å². The van der Waals surface area contributed by atoms with Crippen molar-refractivity contribution >= 4 is 5.97 Å². The molecular formula is C10H11N5O2. The molecule has 2 rings (SSSR count). The molecule has 2 heterocycles. The number of hydrogen-bond donors (Lipinski definition) is 1. The fourth-order valence-corrected chi connectivity index (χ4v) is 1.42. The topological polar surface area (TPSA) is 93.8 Å². The third-order valence-corrected chi connectivity index (χ3v) is 2.22. The molecule has 2 aromatic rings. The predicted molar refractivity (Wildman–Crippen MR) is 57.9 cm³/mol. The minimum absolute atomic E-state index is 0.00105. The fraction of sp³-hybridized carbons (Fsp3) is 0.300. The summed E-state index contributed by atoms with van der Waals surface area (Å²) in [6.07, 6.45) is 3.13. The molecule has 0 saturated heterocycles. The summed E-state index contributed by atoms with van der Waals surface area (Å²) >= 11 is 0. The van der Waals surface area contributed by atoms with Crippen molar-refractivity contribution in [2.24, 2.45) is 0 Å². The first-order valence-electron chi connectivity index (χ1n) is 5.19. The Balaban J connectivity index is 2.33. The molecule has 0 unspecified atom stereocenters. The highest BCUT2D eigenvalue weighted by molar-refractivity contribution is 5.85. The third-order valence-electron chi connectivity index (χ3n) is 2.22. The third kappa shape index (κ3) is 2.27. The van der Waals surface area contributed by atoms with Gasteiger partial charge in [-0.2, -0.15) is 4.68 Å². The predicted octanol–water partition coefficient (Wildman–Crippen LogP) is 0.708. The minimum atomic E-state index is -1.05. The maximum absolute atomic E-state index is 10.7. The number of aromatic carboxylic acids is 1. The Bertz CT molecular complexity index is 520. The minimum Gasteiger partial charge on any atom is -0.477 e. The van der Waals surface area contributed by atoms with Crippen LogP contribution in [-0.4, -0.2) is 36.3 Å². The van der Waals surface area contributed by atoms with Crippen molar-refractivity contribution in [2.45, 2.75) is 19.8 Å². The van der Waals surface area contributed by atoms with Crippen molar-refractivity contribution in [3.8, 4) is 5.69 Å². The smallest absolute Gasteiger partial charge is 0.354 e. The monoisotopic (exact) mass is 233 g/mol. The first kappa shape index (κ1) is 11.2. The van der Waals surface area contributed by atoms with Crippen molar-refractivity contribution in [3.63, 3.8) is 0 Å². The van der Waals surface area contributed by atoms with E-state index in [2.05, 4.69) is 20.5 Å². The highest BCUT2D eigenvalue weighted by Gasteiger charge is 2.09. The number of aromatic nitrogens is 5. The van der Waals surface area contributed by atoms with E-state index >= 15 is 0 Å². The number of carbonyl (C=O) groups is 1. The number of nitrogens with zero attached hydrogens (tertiary/aromatic N) is 5. The van der Waals surface area contributed by atoms with Crippen LogP contribution in [0.4, 0.5) is 0 Å². The van der Waals surface area contributed by atoms with Crippen LogP contribution in [0.25, 0.3) is 5.69 Å². The summed E-state index contributed by atoms with van der Waals surface area (Å²) in [6.45, 7) is 2.03. The molecule has 0 aromatic carbocycles. The molecule has 7 nitrogen and oxygen atoms in total. The van der Waals surface area contributed by atoms with Gasteiger partial charge in [0.05, 0.1) is 11.9 Å². The van der Waals surface area contributed by atoms with Crippen molar-refractivity contribution in [3.05, 3.63) is 29.8 Å². The fourth-order valence-electron chi connectivity index (χ4n) is 1.42. The molecule has 0 amide bonds. The molecule has 7 heteroatoms. The summed E-state index contributed by atoms with van der Waals surface area (Å²) in [6, 6.07) is 3.06. The van der Waals surface area contributed by atoms with E-state index in [4.69, 9.17) is 5.11 Å². The molecule has 0 spiro atoms. The Hall–Kier alpha value is -2.31. The van der Waals surface area contributed by atoms with E-state index in [0.717, 1.165) is 18.7 Å². The number of pyridine rings is 1. The SMILES string of the molecule is CCCc1nnnn1-c1ccc(C(=O)O)nc1. The molecule has 2 aromatic heterocycles. The van der Waals surface area contributed by atoms with Crippen molar-refractivity contribution in [1.82, 2.24) is 25.2 Å². The van der Waals surface area contributed by atoms with Crippen LogP contribution in [0, 0.1) is 0 Å². The first-order chi connectivity index (χ1) is 8.22. The Labute approximate surface area is 97.1 Å². The second kappa shape index (κ2) is 4.69. The lowest BCUT2D eigenvalue weighted by molar-refractivity contribution is 0.0690. The summed E-state index contributed by atoms with van der Waals surface area (Å²) in [5.41, 5.74) is 0.655. The number of hydrogen-bond acceptors (Lipinski definition) is 5. The van der Waals surface area contributed by atoms with E-state index in [1.54, 1.807) is 10.7 Å². The largest absolute Gasteiger partial charge is 0.477 e. The van der Waals surface area contributed by atoms with E-state index in [0.29, 0.717) is 5.69 Å². The van der Waals surface area contributed by atoms with Gasteiger partial charge in [-0.15, -0.1) is 5.10 Å². The summed E-state index contributed by atoms with van der Waals surface area (Å²) in [4.78, 5) is 14.5. The molecule has 1 N–H and O–H groups in total. The average Bonchev–Trinajstić information content (AvgIpc) is 2.78. The van der Waals surface area contributed by atoms with Gasteiger partial charge in [-0.05, 0) is 29.0 Å². The van der Waals surface area contributed by atoms with Crippen LogP contribution in [0.5, 0.6) is 0 Å². The van der Waals surface area contributed by atoms with Crippen LogP contribution in [0.1, 0.15) is 29.7 Å². The molecule has 0 aliphatic carbocycles.